The normalized spacial score (nSPS) is 11.2. The molecule has 0 unspecified atom stereocenters. The van der Waals surface area contributed by atoms with E-state index in [9.17, 15) is 13.2 Å². The number of carbonyl (C=O) groups excluding carboxylic acids is 1. The predicted molar refractivity (Wildman–Crippen MR) is 85.4 cm³/mol. The van der Waals surface area contributed by atoms with Gasteiger partial charge in [-0.1, -0.05) is 41.4 Å². The summed E-state index contributed by atoms with van der Waals surface area (Å²) >= 11 is 11.5. The molecule has 0 spiro atoms. The third kappa shape index (κ3) is 3.98. The van der Waals surface area contributed by atoms with E-state index < -0.39 is 15.9 Å². The maximum atomic E-state index is 12.1. The minimum Gasteiger partial charge on any atom is -0.273 e. The first kappa shape index (κ1) is 16.8. The molecule has 0 fully saturated rings. The molecule has 8 heteroatoms. The first-order valence-electron chi connectivity index (χ1n) is 6.13. The standard InChI is InChI=1S/C14H12Cl2N2O3S/c1-9-4-2-3-5-13(9)14(19)17-18-22(20,21)12-7-10(15)6-11(16)8-12/h2-8,18H,1H3,(H,17,19). The van der Waals surface area contributed by atoms with E-state index in [-0.39, 0.29) is 14.9 Å². The van der Waals surface area contributed by atoms with Gasteiger partial charge in [-0.25, -0.2) is 8.42 Å². The zero-order valence-electron chi connectivity index (χ0n) is 11.4. The molecule has 2 N–H and O–H groups in total. The molecule has 22 heavy (non-hydrogen) atoms. The van der Waals surface area contributed by atoms with Crippen LogP contribution in [0.5, 0.6) is 0 Å². The van der Waals surface area contributed by atoms with Crippen molar-refractivity contribution >= 4 is 39.1 Å². The summed E-state index contributed by atoms with van der Waals surface area (Å²) in [5.41, 5.74) is 3.25. The lowest BCUT2D eigenvalue weighted by atomic mass is 10.1. The second-order valence-electron chi connectivity index (χ2n) is 4.48. The average Bonchev–Trinajstić information content (AvgIpc) is 2.44. The molecule has 2 aromatic rings. The van der Waals surface area contributed by atoms with Crippen molar-refractivity contribution in [1.29, 1.82) is 0 Å². The number of hydrogen-bond donors (Lipinski definition) is 2. The van der Waals surface area contributed by atoms with Crippen molar-refractivity contribution < 1.29 is 13.2 Å². The number of sulfonamides is 1. The number of rotatable bonds is 4. The lowest BCUT2D eigenvalue weighted by Crippen LogP contribution is -2.41. The van der Waals surface area contributed by atoms with Crippen LogP contribution in [0.25, 0.3) is 0 Å². The number of benzene rings is 2. The van der Waals surface area contributed by atoms with Crippen LogP contribution >= 0.6 is 23.2 Å². The molecule has 0 heterocycles. The number of amides is 1. The van der Waals surface area contributed by atoms with E-state index in [2.05, 4.69) is 5.43 Å². The fourth-order valence-electron chi connectivity index (χ4n) is 1.75. The largest absolute Gasteiger partial charge is 0.273 e. The zero-order chi connectivity index (χ0) is 16.3. The fraction of sp³-hybridized carbons (Fsp3) is 0.0714. The first-order valence-corrected chi connectivity index (χ1v) is 8.37. The van der Waals surface area contributed by atoms with Gasteiger partial charge in [0.1, 0.15) is 0 Å². The summed E-state index contributed by atoms with van der Waals surface area (Å²) in [4.78, 5) is 13.9. The van der Waals surface area contributed by atoms with Crippen molar-refractivity contribution in [1.82, 2.24) is 10.3 Å². The van der Waals surface area contributed by atoms with Crippen molar-refractivity contribution in [2.75, 3.05) is 0 Å². The number of halogens is 2. The molecular weight excluding hydrogens is 347 g/mol. The molecule has 0 aromatic heterocycles. The van der Waals surface area contributed by atoms with E-state index in [1.807, 2.05) is 4.83 Å². The van der Waals surface area contributed by atoms with Gasteiger partial charge >= 0.3 is 0 Å². The molecule has 0 atom stereocenters. The Kier molecular flexibility index (Phi) is 5.08. The minimum absolute atomic E-state index is 0.143. The highest BCUT2D eigenvalue weighted by Gasteiger charge is 2.17. The van der Waals surface area contributed by atoms with Crippen LogP contribution in [-0.4, -0.2) is 14.3 Å². The number of hydrogen-bond acceptors (Lipinski definition) is 3. The molecular formula is C14H12Cl2N2O3S. The second-order valence-corrected chi connectivity index (χ2v) is 7.03. The maximum Gasteiger partial charge on any atom is 0.266 e. The zero-order valence-corrected chi connectivity index (χ0v) is 13.8. The molecule has 0 saturated carbocycles. The monoisotopic (exact) mass is 358 g/mol. The Morgan fingerprint density at radius 1 is 1.05 bits per heavy atom. The van der Waals surface area contributed by atoms with E-state index in [1.54, 1.807) is 31.2 Å². The third-order valence-corrected chi connectivity index (χ3v) is 4.50. The van der Waals surface area contributed by atoms with Gasteiger partial charge in [0.05, 0.1) is 4.90 Å². The molecule has 0 aliphatic heterocycles. The summed E-state index contributed by atoms with van der Waals surface area (Å²) in [5.74, 6) is -0.560. The molecule has 1 amide bonds. The average molecular weight is 359 g/mol. The van der Waals surface area contributed by atoms with Gasteiger partial charge in [0.25, 0.3) is 15.9 Å². The lowest BCUT2D eigenvalue weighted by molar-refractivity contribution is 0.0944. The van der Waals surface area contributed by atoms with Crippen LogP contribution in [0, 0.1) is 6.92 Å². The van der Waals surface area contributed by atoms with E-state index >= 15 is 0 Å². The Balaban J connectivity index is 2.16. The Labute approximate surface area is 138 Å². The van der Waals surface area contributed by atoms with E-state index in [0.29, 0.717) is 5.56 Å². The van der Waals surface area contributed by atoms with Gasteiger partial charge in [-0.2, -0.15) is 0 Å². The summed E-state index contributed by atoms with van der Waals surface area (Å²) in [6, 6.07) is 10.7. The summed E-state index contributed by atoms with van der Waals surface area (Å²) in [5, 5.41) is 0.358. The summed E-state index contributed by atoms with van der Waals surface area (Å²) in [6.45, 7) is 1.75. The van der Waals surface area contributed by atoms with Crippen LogP contribution in [0.1, 0.15) is 15.9 Å². The molecule has 0 aliphatic carbocycles. The van der Waals surface area contributed by atoms with Gasteiger partial charge in [-0.3, -0.25) is 10.2 Å². The van der Waals surface area contributed by atoms with Gasteiger partial charge in [0, 0.05) is 15.6 Å². The predicted octanol–water partition coefficient (Wildman–Crippen LogP) is 2.93. The fourth-order valence-corrected chi connectivity index (χ4v) is 3.32. The van der Waals surface area contributed by atoms with Crippen molar-refractivity contribution in [2.24, 2.45) is 0 Å². The molecule has 2 aromatic carbocycles. The van der Waals surface area contributed by atoms with Crippen LogP contribution in [0.3, 0.4) is 0 Å². The van der Waals surface area contributed by atoms with Crippen molar-refractivity contribution in [3.05, 3.63) is 63.6 Å². The number of carbonyl (C=O) groups is 1. The van der Waals surface area contributed by atoms with Gasteiger partial charge in [-0.15, -0.1) is 4.83 Å². The van der Waals surface area contributed by atoms with Gasteiger partial charge in [-0.05, 0) is 36.8 Å². The highest BCUT2D eigenvalue weighted by atomic mass is 35.5. The van der Waals surface area contributed by atoms with Crippen LogP contribution in [0.4, 0.5) is 0 Å². The van der Waals surface area contributed by atoms with Gasteiger partial charge in [0.2, 0.25) is 0 Å². The molecule has 0 bridgehead atoms. The smallest absolute Gasteiger partial charge is 0.266 e. The molecule has 0 radical (unpaired) electrons. The van der Waals surface area contributed by atoms with Crippen molar-refractivity contribution in [3.63, 3.8) is 0 Å². The van der Waals surface area contributed by atoms with Crippen LogP contribution in [0.2, 0.25) is 10.0 Å². The lowest BCUT2D eigenvalue weighted by Gasteiger charge is -2.10. The number of aryl methyl sites for hydroxylation is 1. The summed E-state index contributed by atoms with van der Waals surface area (Å²) in [7, 11) is -3.97. The molecule has 116 valence electrons. The van der Waals surface area contributed by atoms with Crippen LogP contribution in [-0.2, 0) is 10.0 Å². The van der Waals surface area contributed by atoms with E-state index in [4.69, 9.17) is 23.2 Å². The van der Waals surface area contributed by atoms with Crippen molar-refractivity contribution in [2.45, 2.75) is 11.8 Å². The highest BCUT2D eigenvalue weighted by Crippen LogP contribution is 2.21. The second kappa shape index (κ2) is 6.66. The highest BCUT2D eigenvalue weighted by molar-refractivity contribution is 7.89. The quantitative estimate of drug-likeness (QED) is 0.825. The summed E-state index contributed by atoms with van der Waals surface area (Å²) in [6.07, 6.45) is 0. The van der Waals surface area contributed by atoms with E-state index in [0.717, 1.165) is 5.56 Å². The number of hydrazine groups is 1. The Bertz CT molecular complexity index is 802. The maximum absolute atomic E-state index is 12.1. The van der Waals surface area contributed by atoms with Crippen LogP contribution in [0.15, 0.2) is 47.4 Å². The van der Waals surface area contributed by atoms with Crippen LogP contribution < -0.4 is 10.3 Å². The molecule has 0 saturated heterocycles. The Hall–Kier alpha value is -1.60. The SMILES string of the molecule is Cc1ccccc1C(=O)NNS(=O)(=O)c1cc(Cl)cc(Cl)c1. The molecule has 5 nitrogen and oxygen atoms in total. The first-order chi connectivity index (χ1) is 10.3. The van der Waals surface area contributed by atoms with E-state index in [1.165, 1.54) is 18.2 Å². The van der Waals surface area contributed by atoms with Crippen molar-refractivity contribution in [3.8, 4) is 0 Å². The molecule has 0 aliphatic rings. The Morgan fingerprint density at radius 3 is 2.23 bits per heavy atom. The number of nitrogens with one attached hydrogen (secondary N) is 2. The van der Waals surface area contributed by atoms with Gasteiger partial charge in [0.15, 0.2) is 0 Å². The van der Waals surface area contributed by atoms with Gasteiger partial charge < -0.3 is 0 Å². The molecule has 2 rings (SSSR count). The summed E-state index contributed by atoms with van der Waals surface area (Å²) < 4.78 is 24.2. The third-order valence-electron chi connectivity index (χ3n) is 2.83. The topological polar surface area (TPSA) is 75.3 Å². The Morgan fingerprint density at radius 2 is 1.64 bits per heavy atom. The minimum atomic E-state index is -3.97.